The Morgan fingerprint density at radius 1 is 1.03 bits per heavy atom. The summed E-state index contributed by atoms with van der Waals surface area (Å²) < 4.78 is 25.8. The minimum absolute atomic E-state index is 0.131. The van der Waals surface area contributed by atoms with E-state index in [-0.39, 0.29) is 24.8 Å². The fraction of sp³-hybridized carbons (Fsp3) is 0.391. The van der Waals surface area contributed by atoms with Gasteiger partial charge in [-0.15, -0.1) is 0 Å². The first-order chi connectivity index (χ1) is 14.6. The van der Waals surface area contributed by atoms with Crippen LogP contribution >= 0.6 is 0 Å². The van der Waals surface area contributed by atoms with E-state index in [1.165, 1.54) is 4.31 Å². The van der Waals surface area contributed by atoms with Gasteiger partial charge in [0.05, 0.1) is 11.9 Å². The van der Waals surface area contributed by atoms with Crippen molar-refractivity contribution in [2.45, 2.75) is 39.3 Å². The number of likely N-dealkylation sites (N-methyl/N-ethyl adjacent to an activating group) is 1. The van der Waals surface area contributed by atoms with Crippen LogP contribution in [0.3, 0.4) is 0 Å². The highest BCUT2D eigenvalue weighted by molar-refractivity contribution is 7.92. The zero-order chi connectivity index (χ0) is 23.0. The van der Waals surface area contributed by atoms with Crippen LogP contribution in [-0.2, 0) is 26.2 Å². The lowest BCUT2D eigenvalue weighted by atomic mass is 10.1. The van der Waals surface area contributed by atoms with E-state index in [0.29, 0.717) is 18.7 Å². The number of benzene rings is 2. The van der Waals surface area contributed by atoms with E-state index in [4.69, 9.17) is 0 Å². The number of amides is 2. The van der Waals surface area contributed by atoms with E-state index in [1.54, 1.807) is 43.1 Å². The van der Waals surface area contributed by atoms with Crippen molar-refractivity contribution in [1.82, 2.24) is 10.2 Å². The predicted molar refractivity (Wildman–Crippen MR) is 123 cm³/mol. The maximum Gasteiger partial charge on any atom is 0.242 e. The average Bonchev–Trinajstić information content (AvgIpc) is 2.74. The molecule has 2 rings (SSSR count). The summed E-state index contributed by atoms with van der Waals surface area (Å²) in [4.78, 5) is 26.9. The number of anilines is 1. The number of carbonyl (C=O) groups excluding carboxylic acids is 2. The third-order valence-electron chi connectivity index (χ3n) is 5.21. The largest absolute Gasteiger partial charge is 0.357 e. The van der Waals surface area contributed by atoms with Gasteiger partial charge in [0.25, 0.3) is 0 Å². The summed E-state index contributed by atoms with van der Waals surface area (Å²) in [5.41, 5.74) is 2.57. The Kier molecular flexibility index (Phi) is 8.62. The van der Waals surface area contributed by atoms with Gasteiger partial charge in [-0.1, -0.05) is 42.5 Å². The highest BCUT2D eigenvalue weighted by Gasteiger charge is 2.26. The second-order valence-corrected chi connectivity index (χ2v) is 9.42. The van der Waals surface area contributed by atoms with Gasteiger partial charge in [-0.3, -0.25) is 13.9 Å². The molecule has 0 fully saturated rings. The first-order valence-corrected chi connectivity index (χ1v) is 12.1. The third-order valence-corrected chi connectivity index (χ3v) is 6.41. The van der Waals surface area contributed by atoms with Crippen LogP contribution in [0.2, 0.25) is 0 Å². The van der Waals surface area contributed by atoms with E-state index in [2.05, 4.69) is 5.32 Å². The molecule has 168 valence electrons. The average molecular weight is 446 g/mol. The maximum atomic E-state index is 13.1. The van der Waals surface area contributed by atoms with Crippen molar-refractivity contribution in [2.24, 2.45) is 0 Å². The van der Waals surface area contributed by atoms with Gasteiger partial charge in [-0.2, -0.15) is 0 Å². The Hall–Kier alpha value is -2.87. The fourth-order valence-corrected chi connectivity index (χ4v) is 4.33. The molecule has 0 heterocycles. The lowest BCUT2D eigenvalue weighted by molar-refractivity contribution is -0.140. The number of carbonyl (C=O) groups is 2. The minimum Gasteiger partial charge on any atom is -0.357 e. The van der Waals surface area contributed by atoms with Crippen LogP contribution in [0.15, 0.2) is 54.6 Å². The van der Waals surface area contributed by atoms with Crippen LogP contribution in [0.25, 0.3) is 0 Å². The molecule has 0 bridgehead atoms. The number of nitrogens with zero attached hydrogens (tertiary/aromatic N) is 2. The van der Waals surface area contributed by atoms with Gasteiger partial charge in [-0.25, -0.2) is 8.42 Å². The van der Waals surface area contributed by atoms with Crippen LogP contribution in [0.5, 0.6) is 0 Å². The molecule has 0 saturated carbocycles. The summed E-state index contributed by atoms with van der Waals surface area (Å²) in [6.07, 6.45) is 1.62. The lowest BCUT2D eigenvalue weighted by Crippen LogP contribution is -2.47. The Labute approximate surface area is 185 Å². The third kappa shape index (κ3) is 6.82. The quantitative estimate of drug-likeness (QED) is 0.609. The normalized spacial score (nSPS) is 12.1. The molecule has 0 aromatic heterocycles. The van der Waals surface area contributed by atoms with Gasteiger partial charge < -0.3 is 10.2 Å². The second-order valence-electron chi connectivity index (χ2n) is 7.51. The van der Waals surface area contributed by atoms with Crippen molar-refractivity contribution >= 4 is 27.5 Å². The summed E-state index contributed by atoms with van der Waals surface area (Å²) in [5.74, 6) is -0.440. The highest BCUT2D eigenvalue weighted by Crippen LogP contribution is 2.19. The molecule has 0 spiro atoms. The monoisotopic (exact) mass is 445 g/mol. The van der Waals surface area contributed by atoms with Gasteiger partial charge in [0, 0.05) is 26.6 Å². The summed E-state index contributed by atoms with van der Waals surface area (Å²) in [5, 5.41) is 2.60. The molecular formula is C23H31N3O4S. The maximum absolute atomic E-state index is 13.1. The van der Waals surface area contributed by atoms with Crippen LogP contribution in [-0.4, -0.2) is 51.0 Å². The SMILES string of the molecule is CNC(=O)[C@@H](C)N(Cc1ccccc1C)C(=O)CCCN(c1ccccc1)S(C)(=O)=O. The van der Waals surface area contributed by atoms with Gasteiger partial charge in [0.15, 0.2) is 0 Å². The molecule has 0 aliphatic rings. The Balaban J connectivity index is 2.13. The summed E-state index contributed by atoms with van der Waals surface area (Å²) in [6, 6.07) is 15.9. The number of sulfonamides is 1. The number of nitrogens with one attached hydrogen (secondary N) is 1. The topological polar surface area (TPSA) is 86.8 Å². The molecule has 2 amide bonds. The van der Waals surface area contributed by atoms with E-state index in [9.17, 15) is 18.0 Å². The molecule has 1 N–H and O–H groups in total. The van der Waals surface area contributed by atoms with Gasteiger partial charge >= 0.3 is 0 Å². The van der Waals surface area contributed by atoms with Gasteiger partial charge in [0.1, 0.15) is 6.04 Å². The predicted octanol–water partition coefficient (Wildman–Crippen LogP) is 2.70. The van der Waals surface area contributed by atoms with Crippen LogP contribution < -0.4 is 9.62 Å². The zero-order valence-electron chi connectivity index (χ0n) is 18.5. The fourth-order valence-electron chi connectivity index (χ4n) is 3.36. The van der Waals surface area contributed by atoms with Crippen LogP contribution in [0, 0.1) is 6.92 Å². The zero-order valence-corrected chi connectivity index (χ0v) is 19.4. The molecule has 0 radical (unpaired) electrons. The molecule has 8 heteroatoms. The van der Waals surface area contributed by atoms with Crippen molar-refractivity contribution in [3.05, 3.63) is 65.7 Å². The highest BCUT2D eigenvalue weighted by atomic mass is 32.2. The molecule has 0 aliphatic carbocycles. The second kappa shape index (κ2) is 10.9. The lowest BCUT2D eigenvalue weighted by Gasteiger charge is -2.29. The van der Waals surface area contributed by atoms with Crippen molar-refractivity contribution in [1.29, 1.82) is 0 Å². The van der Waals surface area contributed by atoms with Crippen LogP contribution in [0.4, 0.5) is 5.69 Å². The van der Waals surface area contributed by atoms with E-state index >= 15 is 0 Å². The Bertz CT molecular complexity index is 993. The van der Waals surface area contributed by atoms with E-state index in [0.717, 1.165) is 17.4 Å². The number of hydrogen-bond donors (Lipinski definition) is 1. The minimum atomic E-state index is -3.48. The first-order valence-electron chi connectivity index (χ1n) is 10.2. The van der Waals surface area contributed by atoms with Crippen molar-refractivity contribution in [2.75, 3.05) is 24.2 Å². The number of para-hydroxylation sites is 1. The van der Waals surface area contributed by atoms with Crippen molar-refractivity contribution in [3.63, 3.8) is 0 Å². The smallest absolute Gasteiger partial charge is 0.242 e. The van der Waals surface area contributed by atoms with Gasteiger partial charge in [0.2, 0.25) is 21.8 Å². The summed E-state index contributed by atoms with van der Waals surface area (Å²) in [6.45, 7) is 4.16. The summed E-state index contributed by atoms with van der Waals surface area (Å²) >= 11 is 0. The molecule has 2 aromatic carbocycles. The Morgan fingerprint density at radius 2 is 1.65 bits per heavy atom. The first kappa shape index (κ1) is 24.4. The molecule has 2 aromatic rings. The van der Waals surface area contributed by atoms with E-state index in [1.807, 2.05) is 37.3 Å². The summed E-state index contributed by atoms with van der Waals surface area (Å²) in [7, 11) is -1.94. The molecule has 0 unspecified atom stereocenters. The molecule has 7 nitrogen and oxygen atoms in total. The number of rotatable bonds is 10. The van der Waals surface area contributed by atoms with Crippen LogP contribution in [0.1, 0.15) is 30.9 Å². The van der Waals surface area contributed by atoms with Gasteiger partial charge in [-0.05, 0) is 43.5 Å². The number of aryl methyl sites for hydroxylation is 1. The molecule has 1 atom stereocenters. The molecule has 0 aliphatic heterocycles. The number of hydrogen-bond acceptors (Lipinski definition) is 4. The van der Waals surface area contributed by atoms with E-state index < -0.39 is 16.1 Å². The molecular weight excluding hydrogens is 414 g/mol. The molecule has 0 saturated heterocycles. The van der Waals surface area contributed by atoms with Crippen molar-refractivity contribution < 1.29 is 18.0 Å². The Morgan fingerprint density at radius 3 is 2.23 bits per heavy atom. The molecule has 31 heavy (non-hydrogen) atoms. The van der Waals surface area contributed by atoms with Crippen molar-refractivity contribution in [3.8, 4) is 0 Å². The standard InChI is InChI=1S/C23H31N3O4S/c1-18-11-8-9-12-20(18)17-25(19(2)23(28)24-3)22(27)15-10-16-26(31(4,29)30)21-13-6-5-7-14-21/h5-9,11-14,19H,10,15-17H2,1-4H3,(H,24,28)/t19-/m1/s1.